The summed E-state index contributed by atoms with van der Waals surface area (Å²) >= 11 is 0. The third kappa shape index (κ3) is 2.90. The number of rotatable bonds is 4. The van der Waals surface area contributed by atoms with Crippen LogP contribution in [0.4, 0.5) is 18.9 Å². The van der Waals surface area contributed by atoms with Crippen LogP contribution in [0.25, 0.3) is 0 Å². The molecule has 0 aromatic heterocycles. The van der Waals surface area contributed by atoms with Gasteiger partial charge in [-0.15, -0.1) is 0 Å². The van der Waals surface area contributed by atoms with Crippen molar-refractivity contribution in [1.29, 1.82) is 0 Å². The van der Waals surface area contributed by atoms with Crippen LogP contribution in [0.3, 0.4) is 0 Å². The number of benzene rings is 1. The van der Waals surface area contributed by atoms with Gasteiger partial charge >= 0.3 is 6.18 Å². The molecule has 1 aromatic carbocycles. The molecule has 0 heterocycles. The second-order valence-corrected chi connectivity index (χ2v) is 4.20. The Hall–Kier alpha value is -1.19. The fraction of sp³-hybridized carbons (Fsp3) is 0.500. The van der Waals surface area contributed by atoms with E-state index in [1.165, 1.54) is 25.0 Å². The third-order valence-corrected chi connectivity index (χ3v) is 2.80. The topological polar surface area (TPSA) is 12.0 Å². The molecule has 0 amide bonds. The van der Waals surface area contributed by atoms with Gasteiger partial charge in [-0.25, -0.2) is 0 Å². The van der Waals surface area contributed by atoms with Crippen molar-refractivity contribution in [3.05, 3.63) is 29.8 Å². The Bertz CT molecular complexity index is 356. The minimum Gasteiger partial charge on any atom is -0.385 e. The van der Waals surface area contributed by atoms with Gasteiger partial charge in [0.15, 0.2) is 0 Å². The zero-order valence-electron chi connectivity index (χ0n) is 8.85. The molecule has 2 rings (SSSR count). The van der Waals surface area contributed by atoms with E-state index in [4.69, 9.17) is 0 Å². The first-order valence-corrected chi connectivity index (χ1v) is 5.47. The first-order chi connectivity index (χ1) is 7.57. The molecule has 1 fully saturated rings. The van der Waals surface area contributed by atoms with Crippen molar-refractivity contribution < 1.29 is 13.2 Å². The highest BCUT2D eigenvalue weighted by Gasteiger charge is 2.33. The first kappa shape index (κ1) is 11.3. The summed E-state index contributed by atoms with van der Waals surface area (Å²) in [7, 11) is 0. The van der Waals surface area contributed by atoms with E-state index in [0.717, 1.165) is 18.4 Å². The number of anilines is 1. The fourth-order valence-electron chi connectivity index (χ4n) is 1.70. The Labute approximate surface area is 92.7 Å². The van der Waals surface area contributed by atoms with E-state index < -0.39 is 11.7 Å². The van der Waals surface area contributed by atoms with E-state index in [2.05, 4.69) is 5.32 Å². The van der Waals surface area contributed by atoms with Crippen molar-refractivity contribution in [1.82, 2.24) is 0 Å². The Kier molecular flexibility index (Phi) is 3.08. The Balaban J connectivity index is 2.00. The molecule has 1 aromatic rings. The van der Waals surface area contributed by atoms with E-state index in [1.54, 1.807) is 6.07 Å². The van der Waals surface area contributed by atoms with E-state index in [0.29, 0.717) is 6.54 Å². The Morgan fingerprint density at radius 3 is 2.50 bits per heavy atom. The fourth-order valence-corrected chi connectivity index (χ4v) is 1.70. The van der Waals surface area contributed by atoms with E-state index >= 15 is 0 Å². The molecule has 1 nitrogen and oxygen atoms in total. The molecule has 1 N–H and O–H groups in total. The van der Waals surface area contributed by atoms with Gasteiger partial charge in [0, 0.05) is 12.2 Å². The maximum Gasteiger partial charge on any atom is 0.418 e. The van der Waals surface area contributed by atoms with Gasteiger partial charge in [0.05, 0.1) is 5.56 Å². The molecule has 88 valence electrons. The number of alkyl halides is 3. The predicted molar refractivity (Wildman–Crippen MR) is 57.3 cm³/mol. The molecule has 0 aliphatic heterocycles. The average Bonchev–Trinajstić information content (AvgIpc) is 3.01. The number of nitrogens with one attached hydrogen (secondary N) is 1. The molecule has 0 spiro atoms. The van der Waals surface area contributed by atoms with Crippen molar-refractivity contribution in [2.24, 2.45) is 5.92 Å². The van der Waals surface area contributed by atoms with E-state index in [1.807, 2.05) is 0 Å². The highest BCUT2D eigenvalue weighted by molar-refractivity contribution is 5.52. The van der Waals surface area contributed by atoms with Crippen LogP contribution < -0.4 is 5.32 Å². The summed E-state index contributed by atoms with van der Waals surface area (Å²) in [5, 5.41) is 2.87. The lowest BCUT2D eigenvalue weighted by Gasteiger charge is -2.14. The molecule has 0 atom stereocenters. The molecule has 1 aliphatic carbocycles. The van der Waals surface area contributed by atoms with Gasteiger partial charge < -0.3 is 5.32 Å². The van der Waals surface area contributed by atoms with Crippen LogP contribution in [-0.4, -0.2) is 6.54 Å². The molecule has 0 bridgehead atoms. The number of hydrogen-bond acceptors (Lipinski definition) is 1. The summed E-state index contributed by atoms with van der Waals surface area (Å²) in [6, 6.07) is 5.62. The highest BCUT2D eigenvalue weighted by Crippen LogP contribution is 2.35. The van der Waals surface area contributed by atoms with E-state index in [-0.39, 0.29) is 5.69 Å². The molecule has 1 saturated carbocycles. The van der Waals surface area contributed by atoms with Crippen molar-refractivity contribution >= 4 is 5.69 Å². The smallest absolute Gasteiger partial charge is 0.385 e. The Morgan fingerprint density at radius 1 is 1.19 bits per heavy atom. The van der Waals surface area contributed by atoms with Crippen molar-refractivity contribution in [3.8, 4) is 0 Å². The highest BCUT2D eigenvalue weighted by atomic mass is 19.4. The standard InChI is InChI=1S/C12H14F3N/c13-12(14,15)10-3-1-2-4-11(10)16-8-7-9-5-6-9/h1-4,9,16H,5-8H2. The normalized spacial score (nSPS) is 16.2. The molecular weight excluding hydrogens is 215 g/mol. The zero-order chi connectivity index (χ0) is 11.6. The van der Waals surface area contributed by atoms with Crippen LogP contribution in [0.5, 0.6) is 0 Å². The SMILES string of the molecule is FC(F)(F)c1ccccc1NCCC1CC1. The molecule has 4 heteroatoms. The lowest BCUT2D eigenvalue weighted by atomic mass is 10.1. The quantitative estimate of drug-likeness (QED) is 0.825. The summed E-state index contributed by atoms with van der Waals surface area (Å²) in [6.07, 6.45) is -0.861. The summed E-state index contributed by atoms with van der Waals surface area (Å²) in [5.74, 6) is 0.727. The van der Waals surface area contributed by atoms with Crippen molar-refractivity contribution in [2.45, 2.75) is 25.4 Å². The molecule has 0 unspecified atom stereocenters. The largest absolute Gasteiger partial charge is 0.418 e. The first-order valence-electron chi connectivity index (χ1n) is 5.47. The summed E-state index contributed by atoms with van der Waals surface area (Å²) in [5.41, 5.74) is -0.388. The monoisotopic (exact) mass is 229 g/mol. The second kappa shape index (κ2) is 4.36. The second-order valence-electron chi connectivity index (χ2n) is 4.20. The summed E-state index contributed by atoms with van der Waals surface area (Å²) < 4.78 is 37.8. The minimum atomic E-state index is -4.27. The molecule has 0 saturated heterocycles. The lowest BCUT2D eigenvalue weighted by molar-refractivity contribution is -0.136. The minimum absolute atomic E-state index is 0.190. The van der Waals surface area contributed by atoms with Crippen LogP contribution in [0, 0.1) is 5.92 Å². The average molecular weight is 229 g/mol. The van der Waals surface area contributed by atoms with Gasteiger partial charge in [0.1, 0.15) is 0 Å². The van der Waals surface area contributed by atoms with Gasteiger partial charge in [-0.2, -0.15) is 13.2 Å². The van der Waals surface area contributed by atoms with Crippen LogP contribution >= 0.6 is 0 Å². The summed E-state index contributed by atoms with van der Waals surface area (Å²) in [4.78, 5) is 0. The van der Waals surface area contributed by atoms with Gasteiger partial charge in [-0.05, 0) is 24.5 Å². The van der Waals surface area contributed by atoms with Crippen LogP contribution in [0.1, 0.15) is 24.8 Å². The van der Waals surface area contributed by atoms with Crippen molar-refractivity contribution in [2.75, 3.05) is 11.9 Å². The van der Waals surface area contributed by atoms with Crippen LogP contribution in [-0.2, 0) is 6.18 Å². The molecule has 0 radical (unpaired) electrons. The van der Waals surface area contributed by atoms with Crippen LogP contribution in [0.15, 0.2) is 24.3 Å². The van der Waals surface area contributed by atoms with Gasteiger partial charge in [-0.1, -0.05) is 25.0 Å². The molecule has 16 heavy (non-hydrogen) atoms. The number of halogens is 3. The number of hydrogen-bond donors (Lipinski definition) is 1. The number of para-hydroxylation sites is 1. The summed E-state index contributed by atoms with van der Waals surface area (Å²) in [6.45, 7) is 0.623. The van der Waals surface area contributed by atoms with Crippen LogP contribution in [0.2, 0.25) is 0 Å². The lowest BCUT2D eigenvalue weighted by Crippen LogP contribution is -2.11. The zero-order valence-corrected chi connectivity index (χ0v) is 8.85. The Morgan fingerprint density at radius 2 is 1.88 bits per heavy atom. The van der Waals surface area contributed by atoms with E-state index in [9.17, 15) is 13.2 Å². The van der Waals surface area contributed by atoms with Gasteiger partial charge in [-0.3, -0.25) is 0 Å². The molecular formula is C12H14F3N. The van der Waals surface area contributed by atoms with Gasteiger partial charge in [0.25, 0.3) is 0 Å². The maximum atomic E-state index is 12.6. The van der Waals surface area contributed by atoms with Crippen molar-refractivity contribution in [3.63, 3.8) is 0 Å². The predicted octanol–water partition coefficient (Wildman–Crippen LogP) is 3.92. The van der Waals surface area contributed by atoms with Gasteiger partial charge in [0.2, 0.25) is 0 Å². The molecule has 1 aliphatic rings. The third-order valence-electron chi connectivity index (χ3n) is 2.80. The maximum absolute atomic E-state index is 12.6.